The molecule has 0 saturated heterocycles. The molecule has 3 N–H and O–H groups in total. The van der Waals surface area contributed by atoms with Gasteiger partial charge in [-0.3, -0.25) is 0 Å². The summed E-state index contributed by atoms with van der Waals surface area (Å²) in [5, 5.41) is 6.64. The molecule has 0 amide bonds. The van der Waals surface area contributed by atoms with Crippen LogP contribution in [0.15, 0.2) is 11.6 Å². The lowest BCUT2D eigenvalue weighted by Gasteiger charge is -2.13. The van der Waals surface area contributed by atoms with Gasteiger partial charge >= 0.3 is 0 Å². The molecular weight excluding hydrogens is 194 g/mol. The van der Waals surface area contributed by atoms with Crippen LogP contribution < -0.4 is 11.1 Å². The topological polar surface area (TPSA) is 50.9 Å². The summed E-state index contributed by atoms with van der Waals surface area (Å²) < 4.78 is 0. The molecule has 2 unspecified atom stereocenters. The van der Waals surface area contributed by atoms with Crippen LogP contribution in [0, 0.1) is 5.92 Å². The Kier molecular flexibility index (Phi) is 5.07. The number of rotatable bonds is 6. The molecular formula is C10H19N3S. The number of aromatic nitrogens is 1. The molecule has 0 bridgehead atoms. The maximum Gasteiger partial charge on any atom is 0.0965 e. The van der Waals surface area contributed by atoms with Crippen molar-refractivity contribution in [1.82, 2.24) is 10.3 Å². The van der Waals surface area contributed by atoms with Crippen molar-refractivity contribution in [2.45, 2.75) is 19.8 Å². The monoisotopic (exact) mass is 213 g/mol. The van der Waals surface area contributed by atoms with Crippen LogP contribution in [0.1, 0.15) is 24.8 Å². The molecule has 0 aromatic carbocycles. The minimum Gasteiger partial charge on any atom is -0.330 e. The highest BCUT2D eigenvalue weighted by Gasteiger charge is 2.07. The van der Waals surface area contributed by atoms with E-state index in [-0.39, 0.29) is 0 Å². The van der Waals surface area contributed by atoms with Gasteiger partial charge in [-0.2, -0.15) is 0 Å². The Morgan fingerprint density at radius 2 is 2.29 bits per heavy atom. The van der Waals surface area contributed by atoms with E-state index in [4.69, 9.17) is 5.73 Å². The lowest BCUT2D eigenvalue weighted by atomic mass is 10.1. The molecule has 1 heterocycles. The van der Waals surface area contributed by atoms with Gasteiger partial charge in [-0.15, -0.1) is 11.3 Å². The zero-order chi connectivity index (χ0) is 10.4. The average molecular weight is 213 g/mol. The van der Waals surface area contributed by atoms with Crippen molar-refractivity contribution in [1.29, 1.82) is 0 Å². The summed E-state index contributed by atoms with van der Waals surface area (Å²) in [4.78, 5) is 4.29. The third-order valence-electron chi connectivity index (χ3n) is 2.22. The van der Waals surface area contributed by atoms with Gasteiger partial charge in [0.05, 0.1) is 5.01 Å². The standard InChI is InChI=1S/C10H19N3S/c1-8(5-11)6-12-7-9(2)10-13-3-4-14-10/h3-4,8-9,12H,5-7,11H2,1-2H3. The summed E-state index contributed by atoms with van der Waals surface area (Å²) >= 11 is 1.72. The molecule has 0 spiro atoms. The largest absolute Gasteiger partial charge is 0.330 e. The summed E-state index contributed by atoms with van der Waals surface area (Å²) in [6.07, 6.45) is 1.86. The summed E-state index contributed by atoms with van der Waals surface area (Å²) in [6.45, 7) is 7.07. The Bertz CT molecular complexity index is 236. The number of thiazole rings is 1. The van der Waals surface area contributed by atoms with E-state index in [9.17, 15) is 0 Å². The van der Waals surface area contributed by atoms with E-state index < -0.39 is 0 Å². The third kappa shape index (κ3) is 3.74. The highest BCUT2D eigenvalue weighted by molar-refractivity contribution is 7.09. The zero-order valence-electron chi connectivity index (χ0n) is 8.86. The molecule has 0 aliphatic rings. The summed E-state index contributed by atoms with van der Waals surface area (Å²) in [7, 11) is 0. The fourth-order valence-electron chi connectivity index (χ4n) is 1.19. The molecule has 0 aliphatic carbocycles. The van der Waals surface area contributed by atoms with Crippen LogP contribution >= 0.6 is 11.3 Å². The summed E-state index contributed by atoms with van der Waals surface area (Å²) in [6, 6.07) is 0. The van der Waals surface area contributed by atoms with Crippen molar-refractivity contribution < 1.29 is 0 Å². The van der Waals surface area contributed by atoms with Crippen molar-refractivity contribution in [2.75, 3.05) is 19.6 Å². The van der Waals surface area contributed by atoms with Crippen molar-refractivity contribution in [3.8, 4) is 0 Å². The Labute approximate surface area is 89.7 Å². The molecule has 1 aromatic rings. The number of hydrogen-bond donors (Lipinski definition) is 2. The summed E-state index contributed by atoms with van der Waals surface area (Å²) in [5.74, 6) is 1.05. The number of nitrogens with two attached hydrogens (primary N) is 1. The maximum atomic E-state index is 5.53. The highest BCUT2D eigenvalue weighted by Crippen LogP contribution is 2.16. The molecule has 1 rings (SSSR count). The van der Waals surface area contributed by atoms with Crippen LogP contribution in [0.4, 0.5) is 0 Å². The van der Waals surface area contributed by atoms with E-state index in [1.807, 2.05) is 11.6 Å². The molecule has 80 valence electrons. The number of hydrogen-bond acceptors (Lipinski definition) is 4. The van der Waals surface area contributed by atoms with Gasteiger partial charge in [0.1, 0.15) is 0 Å². The van der Waals surface area contributed by atoms with Gasteiger partial charge in [-0.25, -0.2) is 4.98 Å². The van der Waals surface area contributed by atoms with E-state index in [0.717, 1.165) is 19.6 Å². The first-order valence-electron chi connectivity index (χ1n) is 5.04. The Morgan fingerprint density at radius 1 is 1.50 bits per heavy atom. The fraction of sp³-hybridized carbons (Fsp3) is 0.700. The minimum atomic E-state index is 0.500. The number of nitrogens with zero attached hydrogens (tertiary/aromatic N) is 1. The molecule has 3 nitrogen and oxygen atoms in total. The predicted octanol–water partition coefficient (Wildman–Crippen LogP) is 1.43. The molecule has 0 saturated carbocycles. The molecule has 14 heavy (non-hydrogen) atoms. The van der Waals surface area contributed by atoms with Crippen LogP contribution in [0.25, 0.3) is 0 Å². The van der Waals surface area contributed by atoms with Crippen LogP contribution in [0.3, 0.4) is 0 Å². The predicted molar refractivity (Wildman–Crippen MR) is 61.6 cm³/mol. The van der Waals surface area contributed by atoms with E-state index in [0.29, 0.717) is 11.8 Å². The highest BCUT2D eigenvalue weighted by atomic mass is 32.1. The molecule has 0 radical (unpaired) electrons. The first-order valence-corrected chi connectivity index (χ1v) is 5.92. The zero-order valence-corrected chi connectivity index (χ0v) is 9.68. The number of nitrogens with one attached hydrogen (secondary N) is 1. The molecule has 0 fully saturated rings. The second-order valence-electron chi connectivity index (χ2n) is 3.77. The Morgan fingerprint density at radius 3 is 2.86 bits per heavy atom. The molecule has 2 atom stereocenters. The van der Waals surface area contributed by atoms with E-state index in [2.05, 4.69) is 24.1 Å². The first kappa shape index (κ1) is 11.6. The van der Waals surface area contributed by atoms with Crippen LogP contribution in [-0.4, -0.2) is 24.6 Å². The van der Waals surface area contributed by atoms with Gasteiger partial charge in [0.2, 0.25) is 0 Å². The van der Waals surface area contributed by atoms with Gasteiger partial charge in [-0.05, 0) is 19.0 Å². The van der Waals surface area contributed by atoms with Crippen LogP contribution in [0.5, 0.6) is 0 Å². The van der Waals surface area contributed by atoms with Gasteiger partial charge in [-0.1, -0.05) is 13.8 Å². The van der Waals surface area contributed by atoms with Crippen molar-refractivity contribution >= 4 is 11.3 Å². The Balaban J connectivity index is 2.19. The van der Waals surface area contributed by atoms with Crippen molar-refractivity contribution in [3.05, 3.63) is 16.6 Å². The molecule has 1 aromatic heterocycles. The van der Waals surface area contributed by atoms with Gasteiger partial charge in [0.15, 0.2) is 0 Å². The first-order chi connectivity index (χ1) is 6.74. The molecule has 4 heteroatoms. The third-order valence-corrected chi connectivity index (χ3v) is 3.23. The quantitative estimate of drug-likeness (QED) is 0.751. The Hall–Kier alpha value is -0.450. The van der Waals surface area contributed by atoms with Crippen LogP contribution in [-0.2, 0) is 0 Å². The lowest BCUT2D eigenvalue weighted by molar-refractivity contribution is 0.505. The average Bonchev–Trinajstić information content (AvgIpc) is 2.70. The van der Waals surface area contributed by atoms with Crippen molar-refractivity contribution in [2.24, 2.45) is 11.7 Å². The van der Waals surface area contributed by atoms with E-state index in [1.54, 1.807) is 11.3 Å². The van der Waals surface area contributed by atoms with Crippen molar-refractivity contribution in [3.63, 3.8) is 0 Å². The summed E-state index contributed by atoms with van der Waals surface area (Å²) in [5.41, 5.74) is 5.53. The second-order valence-corrected chi connectivity index (χ2v) is 4.70. The van der Waals surface area contributed by atoms with E-state index >= 15 is 0 Å². The molecule has 0 aliphatic heterocycles. The fourth-order valence-corrected chi connectivity index (χ4v) is 1.89. The van der Waals surface area contributed by atoms with Crippen LogP contribution in [0.2, 0.25) is 0 Å². The van der Waals surface area contributed by atoms with E-state index in [1.165, 1.54) is 5.01 Å². The maximum absolute atomic E-state index is 5.53. The minimum absolute atomic E-state index is 0.500. The van der Waals surface area contributed by atoms with Gasteiger partial charge in [0, 0.05) is 24.0 Å². The normalized spacial score (nSPS) is 15.4. The SMILES string of the molecule is CC(CN)CNCC(C)c1nccs1. The smallest absolute Gasteiger partial charge is 0.0965 e. The van der Waals surface area contributed by atoms with Gasteiger partial charge < -0.3 is 11.1 Å². The second kappa shape index (κ2) is 6.11. The van der Waals surface area contributed by atoms with Gasteiger partial charge in [0.25, 0.3) is 0 Å². The lowest BCUT2D eigenvalue weighted by Crippen LogP contribution is -2.28.